The van der Waals surface area contributed by atoms with Crippen LogP contribution in [0.25, 0.3) is 11.5 Å². The fraction of sp³-hybridized carbons (Fsp3) is 0.621. The normalized spacial score (nSPS) is 21.9. The zero-order valence-corrected chi connectivity index (χ0v) is 21.8. The number of carbonyl (C=O) groups is 2. The zero-order valence-electron chi connectivity index (χ0n) is 21.8. The van der Waals surface area contributed by atoms with E-state index in [2.05, 4.69) is 24.4 Å². The monoisotopic (exact) mass is 496 g/mol. The highest BCUT2D eigenvalue weighted by Crippen LogP contribution is 2.37. The number of amides is 1. The van der Waals surface area contributed by atoms with Gasteiger partial charge in [-0.15, -0.1) is 0 Å². The molecule has 4 rings (SSSR count). The van der Waals surface area contributed by atoms with Crippen LogP contribution < -0.4 is 5.32 Å². The number of benzene rings is 1. The van der Waals surface area contributed by atoms with E-state index in [4.69, 9.17) is 14.1 Å². The minimum atomic E-state index is -0.993. The van der Waals surface area contributed by atoms with Crippen molar-refractivity contribution in [2.45, 2.75) is 103 Å². The Labute approximate surface area is 214 Å². The topological polar surface area (TPSA) is 102 Å². The molecule has 1 heterocycles. The molecule has 0 aliphatic heterocycles. The average molecular weight is 497 g/mol. The van der Waals surface area contributed by atoms with Gasteiger partial charge in [0.05, 0.1) is 12.7 Å². The lowest BCUT2D eigenvalue weighted by Crippen LogP contribution is -2.47. The fourth-order valence-electron chi connectivity index (χ4n) is 5.49. The molecule has 0 spiro atoms. The van der Waals surface area contributed by atoms with Gasteiger partial charge in [0.1, 0.15) is 17.5 Å². The number of hydrogen-bond donors (Lipinski definition) is 2. The minimum absolute atomic E-state index is 0.0597. The Hall–Kier alpha value is -2.67. The van der Waals surface area contributed by atoms with E-state index in [0.717, 1.165) is 49.1 Å². The quantitative estimate of drug-likeness (QED) is 0.442. The maximum Gasteiger partial charge on any atom is 0.326 e. The summed E-state index contributed by atoms with van der Waals surface area (Å²) in [7, 11) is 0. The van der Waals surface area contributed by atoms with Gasteiger partial charge in [0, 0.05) is 17.4 Å². The van der Waals surface area contributed by atoms with Gasteiger partial charge in [-0.3, -0.25) is 4.79 Å². The van der Waals surface area contributed by atoms with E-state index in [9.17, 15) is 14.7 Å². The van der Waals surface area contributed by atoms with Gasteiger partial charge in [0.2, 0.25) is 11.8 Å². The summed E-state index contributed by atoms with van der Waals surface area (Å²) in [4.78, 5) is 29.2. The molecular formula is C29H40N2O5. The highest BCUT2D eigenvalue weighted by atomic mass is 16.5. The Morgan fingerprint density at radius 2 is 1.81 bits per heavy atom. The highest BCUT2D eigenvalue weighted by Gasteiger charge is 2.32. The molecule has 7 nitrogen and oxygen atoms in total. The predicted octanol–water partition coefficient (Wildman–Crippen LogP) is 6.00. The molecule has 2 aromatic rings. The van der Waals surface area contributed by atoms with E-state index in [0.29, 0.717) is 24.8 Å². The van der Waals surface area contributed by atoms with Gasteiger partial charge in [-0.2, -0.15) is 0 Å². The van der Waals surface area contributed by atoms with Crippen LogP contribution in [0.5, 0.6) is 0 Å². The first-order valence-corrected chi connectivity index (χ1v) is 13.5. The molecule has 3 atom stereocenters. The second-order valence-electron chi connectivity index (χ2n) is 10.9. The van der Waals surface area contributed by atoms with E-state index in [1.807, 2.05) is 12.1 Å². The Morgan fingerprint density at radius 3 is 2.47 bits per heavy atom. The van der Waals surface area contributed by atoms with E-state index in [1.54, 1.807) is 13.8 Å². The second kappa shape index (κ2) is 12.0. The van der Waals surface area contributed by atoms with Gasteiger partial charge in [-0.1, -0.05) is 57.2 Å². The van der Waals surface area contributed by atoms with Crippen LogP contribution in [0.15, 0.2) is 28.7 Å². The Balaban J connectivity index is 1.43. The molecule has 0 saturated heterocycles. The number of oxazole rings is 1. The van der Waals surface area contributed by atoms with Crippen LogP contribution in [0.1, 0.15) is 94.6 Å². The zero-order chi connectivity index (χ0) is 25.7. The summed E-state index contributed by atoms with van der Waals surface area (Å²) >= 11 is 0. The highest BCUT2D eigenvalue weighted by molar-refractivity contribution is 5.85. The maximum absolute atomic E-state index is 12.8. The van der Waals surface area contributed by atoms with Gasteiger partial charge in [0.25, 0.3) is 0 Å². The molecule has 196 valence electrons. The molecule has 2 aliphatic carbocycles. The first-order valence-electron chi connectivity index (χ1n) is 13.5. The summed E-state index contributed by atoms with van der Waals surface area (Å²) in [6.45, 7) is 6.04. The summed E-state index contributed by atoms with van der Waals surface area (Å²) in [6.07, 6.45) is 8.97. The van der Waals surface area contributed by atoms with Gasteiger partial charge >= 0.3 is 5.97 Å². The molecule has 1 amide bonds. The van der Waals surface area contributed by atoms with Crippen molar-refractivity contribution in [3.8, 4) is 11.5 Å². The van der Waals surface area contributed by atoms with Crippen molar-refractivity contribution in [3.63, 3.8) is 0 Å². The number of carbonyl (C=O) groups excluding carboxylic acids is 1. The fourth-order valence-corrected chi connectivity index (χ4v) is 5.49. The molecule has 0 bridgehead atoms. The molecule has 0 unspecified atom stereocenters. The average Bonchev–Trinajstić information content (AvgIpc) is 3.31. The Morgan fingerprint density at radius 1 is 1.08 bits per heavy atom. The lowest BCUT2D eigenvalue weighted by Gasteiger charge is -2.30. The summed E-state index contributed by atoms with van der Waals surface area (Å²) in [6, 6.07) is 7.35. The first kappa shape index (κ1) is 26.4. The lowest BCUT2D eigenvalue weighted by molar-refractivity contribution is -0.144. The van der Waals surface area contributed by atoms with Crippen LogP contribution in [-0.2, 0) is 20.9 Å². The molecule has 2 N–H and O–H groups in total. The molecular weight excluding hydrogens is 456 g/mol. The standard InChI is InChI=1S/C29H40N2O5/c1-18(2)25(29(33)34)31-27(32)22-10-7-11-23(16-22)35-17-24-26(20-8-5-4-6-9-20)36-28(30-24)21-14-12-19(3)13-15-21/h12-15,18,20,22-23,25H,4-11,16-17H2,1-3H3,(H,31,32)(H,33,34)/t22-,23+,25+/m1/s1. The number of rotatable bonds is 9. The number of aliphatic carboxylic acids is 1. The predicted molar refractivity (Wildman–Crippen MR) is 137 cm³/mol. The molecule has 1 aromatic carbocycles. The third-order valence-electron chi connectivity index (χ3n) is 7.69. The third-order valence-corrected chi connectivity index (χ3v) is 7.69. The molecule has 2 aliphatic rings. The molecule has 7 heteroatoms. The van der Waals surface area contributed by atoms with Crippen LogP contribution >= 0.6 is 0 Å². The number of carboxylic acids is 1. The number of aryl methyl sites for hydroxylation is 1. The SMILES string of the molecule is Cc1ccc(-c2nc(CO[C@H]3CCC[C@@H](C(=O)N[C@H](C(=O)O)C(C)C)C3)c(C3CCCCC3)o2)cc1. The third kappa shape index (κ3) is 6.55. The van der Waals surface area contributed by atoms with Crippen LogP contribution in [-0.4, -0.2) is 34.1 Å². The van der Waals surface area contributed by atoms with Gasteiger partial charge in [-0.25, -0.2) is 9.78 Å². The van der Waals surface area contributed by atoms with Crippen molar-refractivity contribution >= 4 is 11.9 Å². The van der Waals surface area contributed by atoms with Gasteiger partial charge in [0.15, 0.2) is 0 Å². The van der Waals surface area contributed by atoms with Crippen LogP contribution in [0.4, 0.5) is 0 Å². The molecule has 2 fully saturated rings. The van der Waals surface area contributed by atoms with Crippen molar-refractivity contribution in [1.29, 1.82) is 0 Å². The van der Waals surface area contributed by atoms with Crippen molar-refractivity contribution in [3.05, 3.63) is 41.3 Å². The lowest BCUT2D eigenvalue weighted by atomic mass is 9.86. The number of aromatic nitrogens is 1. The molecule has 36 heavy (non-hydrogen) atoms. The van der Waals surface area contributed by atoms with Crippen LogP contribution in [0.2, 0.25) is 0 Å². The van der Waals surface area contributed by atoms with E-state index < -0.39 is 12.0 Å². The number of ether oxygens (including phenoxy) is 1. The molecule has 0 radical (unpaired) electrons. The number of nitrogens with zero attached hydrogens (tertiary/aromatic N) is 1. The van der Waals surface area contributed by atoms with Crippen molar-refractivity contribution in [2.75, 3.05) is 0 Å². The number of nitrogens with one attached hydrogen (secondary N) is 1. The van der Waals surface area contributed by atoms with E-state index in [1.165, 1.54) is 24.8 Å². The first-order chi connectivity index (χ1) is 17.3. The summed E-state index contributed by atoms with van der Waals surface area (Å²) < 4.78 is 12.7. The Bertz CT molecular complexity index is 1020. The van der Waals surface area contributed by atoms with E-state index in [-0.39, 0.29) is 23.8 Å². The van der Waals surface area contributed by atoms with Gasteiger partial charge < -0.3 is 19.6 Å². The van der Waals surface area contributed by atoms with E-state index >= 15 is 0 Å². The summed E-state index contributed by atoms with van der Waals surface area (Å²) in [5.74, 6) is 0.388. The second-order valence-corrected chi connectivity index (χ2v) is 10.9. The van der Waals surface area contributed by atoms with Crippen molar-refractivity contribution in [2.24, 2.45) is 11.8 Å². The summed E-state index contributed by atoms with van der Waals surface area (Å²) in [5.41, 5.74) is 3.03. The van der Waals surface area contributed by atoms with Crippen LogP contribution in [0, 0.1) is 18.8 Å². The largest absolute Gasteiger partial charge is 0.480 e. The number of hydrogen-bond acceptors (Lipinski definition) is 5. The minimum Gasteiger partial charge on any atom is -0.480 e. The van der Waals surface area contributed by atoms with Gasteiger partial charge in [-0.05, 0) is 57.1 Å². The van der Waals surface area contributed by atoms with Crippen LogP contribution in [0.3, 0.4) is 0 Å². The summed E-state index contributed by atoms with van der Waals surface area (Å²) in [5, 5.41) is 12.2. The molecule has 2 saturated carbocycles. The van der Waals surface area contributed by atoms with Crippen molar-refractivity contribution < 1.29 is 23.8 Å². The maximum atomic E-state index is 12.8. The molecule has 1 aromatic heterocycles. The smallest absolute Gasteiger partial charge is 0.326 e. The Kier molecular flexibility index (Phi) is 8.83. The number of carboxylic acid groups (broad SMARTS) is 1. The van der Waals surface area contributed by atoms with Crippen molar-refractivity contribution in [1.82, 2.24) is 10.3 Å².